The molecule has 5 heteroatoms. The Morgan fingerprint density at radius 3 is 2.18 bits per heavy atom. The summed E-state index contributed by atoms with van der Waals surface area (Å²) in [5, 5.41) is 11.3. The Bertz CT molecular complexity index is 247. The predicted molar refractivity (Wildman–Crippen MR) is 44.5 cm³/mol. The first-order valence-corrected chi connectivity index (χ1v) is 3.99. The molecule has 0 amide bonds. The van der Waals surface area contributed by atoms with Gasteiger partial charge in [-0.05, 0) is 22.9 Å². The van der Waals surface area contributed by atoms with Crippen molar-refractivity contribution in [3.8, 4) is 0 Å². The molecule has 1 rings (SSSR count). The number of hydrogen-bond acceptors (Lipinski definition) is 2. The van der Waals surface area contributed by atoms with E-state index >= 15 is 0 Å². The molecule has 0 bridgehead atoms. The molecule has 0 aliphatic carbocycles. The molecule has 0 spiro atoms. The van der Waals surface area contributed by atoms with E-state index in [9.17, 15) is 10.1 Å². The first-order chi connectivity index (χ1) is 4.89. The second-order valence-electron chi connectivity index (χ2n) is 3.00. The van der Waals surface area contributed by atoms with Gasteiger partial charge in [0, 0.05) is 13.8 Å². The van der Waals surface area contributed by atoms with Crippen molar-refractivity contribution in [1.82, 2.24) is 5.17 Å². The number of hydroxylamine groups is 1. The molecule has 0 aromatic carbocycles. The molecule has 0 aromatic heterocycles. The van der Waals surface area contributed by atoms with Gasteiger partial charge in [-0.1, -0.05) is 0 Å². The molecule has 1 aliphatic heterocycles. The smallest absolute Gasteiger partial charge is 0.270 e. The summed E-state index contributed by atoms with van der Waals surface area (Å²) in [6, 6.07) is 0. The monoisotopic (exact) mass is 220 g/mol. The van der Waals surface area contributed by atoms with Crippen LogP contribution in [0.5, 0.6) is 0 Å². The van der Waals surface area contributed by atoms with E-state index < -0.39 is 5.54 Å². The normalized spacial score (nSPS) is 23.4. The highest BCUT2D eigenvalue weighted by molar-refractivity contribution is 9.11. The van der Waals surface area contributed by atoms with Crippen molar-refractivity contribution >= 4 is 15.9 Å². The van der Waals surface area contributed by atoms with Crippen LogP contribution in [0.2, 0.25) is 0 Å². The minimum absolute atomic E-state index is 0.351. The van der Waals surface area contributed by atoms with Gasteiger partial charge in [0.05, 0.1) is 15.1 Å². The molecule has 0 saturated heterocycles. The fraction of sp³-hybridized carbons (Fsp3) is 0.667. The molecule has 0 saturated carbocycles. The highest BCUT2D eigenvalue weighted by atomic mass is 79.9. The number of rotatable bonds is 0. The van der Waals surface area contributed by atoms with Gasteiger partial charge in [-0.15, -0.1) is 0 Å². The van der Waals surface area contributed by atoms with E-state index in [2.05, 4.69) is 15.9 Å². The van der Waals surface area contributed by atoms with Gasteiger partial charge < -0.3 is 5.21 Å². The summed E-state index contributed by atoms with van der Waals surface area (Å²) in [5.74, 6) is 0. The Morgan fingerprint density at radius 2 is 2.09 bits per heavy atom. The van der Waals surface area contributed by atoms with Crippen LogP contribution < -0.4 is 0 Å². The van der Waals surface area contributed by atoms with Crippen molar-refractivity contribution in [1.29, 1.82) is 0 Å². The van der Waals surface area contributed by atoms with Crippen LogP contribution in [0.1, 0.15) is 20.8 Å². The molecule has 62 valence electrons. The second-order valence-corrected chi connectivity index (χ2v) is 3.80. The minimum Gasteiger partial charge on any atom is -0.700 e. The van der Waals surface area contributed by atoms with E-state index in [-0.39, 0.29) is 0 Å². The Balaban J connectivity index is 3.16. The summed E-state index contributed by atoms with van der Waals surface area (Å²) >= 11 is 3.20. The van der Waals surface area contributed by atoms with Gasteiger partial charge in [0.15, 0.2) is 0 Å². The fourth-order valence-electron chi connectivity index (χ4n) is 0.974. The molecule has 1 heterocycles. The number of allylic oxidation sites excluding steroid dienone is 1. The lowest BCUT2D eigenvalue weighted by molar-refractivity contribution is -0.719. The van der Waals surface area contributed by atoms with Crippen LogP contribution in [-0.4, -0.2) is 15.6 Å². The van der Waals surface area contributed by atoms with Crippen LogP contribution in [0.15, 0.2) is 10.2 Å². The Morgan fingerprint density at radius 1 is 1.64 bits per heavy atom. The van der Waals surface area contributed by atoms with E-state index in [1.165, 1.54) is 0 Å². The Kier molecular flexibility index (Phi) is 1.80. The Labute approximate surface area is 73.1 Å². The molecule has 0 radical (unpaired) electrons. The van der Waals surface area contributed by atoms with E-state index in [4.69, 9.17) is 0 Å². The molecule has 11 heavy (non-hydrogen) atoms. The molecule has 1 aliphatic rings. The molecule has 4 nitrogen and oxygen atoms in total. The molecule has 0 atom stereocenters. The van der Waals surface area contributed by atoms with Gasteiger partial charge in [-0.3, -0.25) is 0 Å². The molecule has 0 unspecified atom stereocenters. The first kappa shape index (κ1) is 8.67. The van der Waals surface area contributed by atoms with Crippen LogP contribution in [0.4, 0.5) is 0 Å². The van der Waals surface area contributed by atoms with Gasteiger partial charge in [-0.2, -0.15) is 5.17 Å². The van der Waals surface area contributed by atoms with E-state index in [0.29, 0.717) is 20.2 Å². The number of nitroso groups, excluding NO2 is 1. The maximum atomic E-state index is 11.1. The molecular formula is C6H9BrN2O2. The lowest BCUT2D eigenvalue weighted by Crippen LogP contribution is -2.35. The highest BCUT2D eigenvalue weighted by Gasteiger charge is 2.48. The summed E-state index contributed by atoms with van der Waals surface area (Å²) in [5.41, 5.74) is -0.337. The summed E-state index contributed by atoms with van der Waals surface area (Å²) in [7, 11) is 0. The van der Waals surface area contributed by atoms with Crippen LogP contribution in [-0.2, 0) is 0 Å². The molecule has 0 aromatic rings. The SMILES string of the molecule is CC1=C(Br)C(C)(C)[N+](=O)N1[O-]. The maximum Gasteiger partial charge on any atom is 0.270 e. The number of hydrazine groups is 1. The fourth-order valence-corrected chi connectivity index (χ4v) is 1.28. The largest absolute Gasteiger partial charge is 0.700 e. The lowest BCUT2D eigenvalue weighted by Gasteiger charge is -2.15. The number of halogens is 1. The topological polar surface area (TPSA) is 46.4 Å². The first-order valence-electron chi connectivity index (χ1n) is 3.20. The quantitative estimate of drug-likeness (QED) is 0.587. The third-order valence-electron chi connectivity index (χ3n) is 1.78. The van der Waals surface area contributed by atoms with Crippen molar-refractivity contribution in [2.45, 2.75) is 26.3 Å². The van der Waals surface area contributed by atoms with Crippen molar-refractivity contribution in [2.24, 2.45) is 0 Å². The third-order valence-corrected chi connectivity index (χ3v) is 3.33. The van der Waals surface area contributed by atoms with Crippen LogP contribution in [0.3, 0.4) is 0 Å². The lowest BCUT2D eigenvalue weighted by atomic mass is 10.1. The average molecular weight is 221 g/mol. The molecule has 0 fully saturated rings. The van der Waals surface area contributed by atoms with Gasteiger partial charge in [0.25, 0.3) is 5.54 Å². The molecule has 0 N–H and O–H groups in total. The summed E-state index contributed by atoms with van der Waals surface area (Å²) < 4.78 is 0.648. The summed E-state index contributed by atoms with van der Waals surface area (Å²) in [4.78, 5) is 11.5. The van der Waals surface area contributed by atoms with Crippen molar-refractivity contribution in [2.75, 3.05) is 0 Å². The van der Waals surface area contributed by atoms with E-state index in [1.807, 2.05) is 0 Å². The maximum absolute atomic E-state index is 11.1. The standard InChI is InChI=1S/C6H9BrN2O2/c1-4-5(7)6(2,3)9(11)8(4)10/h1-3H3. The average Bonchev–Trinajstić information content (AvgIpc) is 2.06. The van der Waals surface area contributed by atoms with Gasteiger partial charge >= 0.3 is 0 Å². The molecular weight excluding hydrogens is 212 g/mol. The zero-order valence-electron chi connectivity index (χ0n) is 6.59. The summed E-state index contributed by atoms with van der Waals surface area (Å²) in [6.45, 7) is 4.98. The van der Waals surface area contributed by atoms with Crippen LogP contribution in [0, 0.1) is 10.1 Å². The van der Waals surface area contributed by atoms with Crippen molar-refractivity contribution < 1.29 is 4.87 Å². The number of nitrogens with zero attached hydrogens (tertiary/aromatic N) is 2. The highest BCUT2D eigenvalue weighted by Crippen LogP contribution is 2.36. The summed E-state index contributed by atoms with van der Waals surface area (Å²) in [6.07, 6.45) is 0. The van der Waals surface area contributed by atoms with Crippen molar-refractivity contribution in [3.05, 3.63) is 20.3 Å². The number of hydrogen-bond donors (Lipinski definition) is 0. The Hall–Kier alpha value is -0.420. The van der Waals surface area contributed by atoms with Gasteiger partial charge in [-0.25, -0.2) is 0 Å². The van der Waals surface area contributed by atoms with Gasteiger partial charge in [0.1, 0.15) is 4.87 Å². The van der Waals surface area contributed by atoms with Crippen LogP contribution >= 0.6 is 15.9 Å². The second kappa shape index (κ2) is 2.28. The van der Waals surface area contributed by atoms with E-state index in [0.717, 1.165) is 0 Å². The van der Waals surface area contributed by atoms with Crippen LogP contribution in [0.25, 0.3) is 0 Å². The van der Waals surface area contributed by atoms with Crippen molar-refractivity contribution in [3.63, 3.8) is 0 Å². The zero-order chi connectivity index (χ0) is 8.81. The predicted octanol–water partition coefficient (Wildman–Crippen LogP) is 1.90. The third kappa shape index (κ3) is 0.990. The van der Waals surface area contributed by atoms with E-state index in [1.54, 1.807) is 20.8 Å². The zero-order valence-corrected chi connectivity index (χ0v) is 8.17. The minimum atomic E-state index is -0.758. The van der Waals surface area contributed by atoms with Gasteiger partial charge in [0.2, 0.25) is 0 Å².